The van der Waals surface area contributed by atoms with Crippen LogP contribution in [0.15, 0.2) is 72.7 Å². The first-order valence-electron chi connectivity index (χ1n) is 10.7. The number of sulfonamides is 1. The zero-order valence-corrected chi connectivity index (χ0v) is 18.6. The van der Waals surface area contributed by atoms with Gasteiger partial charge in [-0.3, -0.25) is 4.98 Å². The second-order valence-corrected chi connectivity index (χ2v) is 9.30. The van der Waals surface area contributed by atoms with Crippen LogP contribution in [0, 0.1) is 0 Å². The summed E-state index contributed by atoms with van der Waals surface area (Å²) in [5, 5.41) is 1.33. The highest BCUT2D eigenvalue weighted by atomic mass is 32.2. The highest BCUT2D eigenvalue weighted by Gasteiger charge is 2.25. The first kappa shape index (κ1) is 22.0. The lowest BCUT2D eigenvalue weighted by atomic mass is 10.2. The maximum Gasteiger partial charge on any atom is 0.236 e. The predicted molar refractivity (Wildman–Crippen MR) is 124 cm³/mol. The Balaban J connectivity index is 1.26. The van der Waals surface area contributed by atoms with Gasteiger partial charge in [0, 0.05) is 68.4 Å². The summed E-state index contributed by atoms with van der Waals surface area (Å²) in [6.07, 6.45) is 10.9. The third-order valence-electron chi connectivity index (χ3n) is 5.29. The molecule has 1 aliphatic rings. The lowest BCUT2D eigenvalue weighted by molar-refractivity contribution is 0.388. The highest BCUT2D eigenvalue weighted by molar-refractivity contribution is 7.92. The third kappa shape index (κ3) is 5.74. The Hall–Kier alpha value is -3.17. The number of rotatable bonds is 8. The van der Waals surface area contributed by atoms with Gasteiger partial charge in [-0.25, -0.2) is 23.4 Å². The highest BCUT2D eigenvalue weighted by Crippen LogP contribution is 2.20. The zero-order valence-electron chi connectivity index (χ0n) is 17.8. The van der Waals surface area contributed by atoms with E-state index in [9.17, 15) is 8.42 Å². The van der Waals surface area contributed by atoms with Crippen molar-refractivity contribution >= 4 is 15.8 Å². The molecule has 0 radical (unpaired) electrons. The zero-order chi connectivity index (χ0) is 22.2. The van der Waals surface area contributed by atoms with Crippen LogP contribution in [0.2, 0.25) is 0 Å². The van der Waals surface area contributed by atoms with Crippen LogP contribution in [0.1, 0.15) is 18.7 Å². The maximum absolute atomic E-state index is 12.6. The van der Waals surface area contributed by atoms with E-state index < -0.39 is 10.0 Å². The second kappa shape index (κ2) is 10.4. The van der Waals surface area contributed by atoms with Gasteiger partial charge in [0.1, 0.15) is 11.6 Å². The molecule has 0 amide bonds. The molecule has 9 heteroatoms. The summed E-state index contributed by atoms with van der Waals surface area (Å²) in [7, 11) is -3.41. The van der Waals surface area contributed by atoms with Crippen LogP contribution < -0.4 is 4.90 Å². The molecule has 0 saturated carbocycles. The molecule has 166 valence electrons. The Morgan fingerprint density at radius 3 is 2.34 bits per heavy atom. The molecule has 0 atom stereocenters. The Morgan fingerprint density at radius 1 is 0.875 bits per heavy atom. The SMILES string of the molecule is O=S(=O)(C=CCCCc1ncccn1)N1CCN(c2ccc(-c3ccccn3)cn2)CC1. The standard InChI is InChI=1S/C23H26N6O2S/c30-32(31,18-5-1-2-8-22-25-12-6-13-26-22)29-16-14-28(15-17-29)23-10-9-20(19-27-23)21-7-3-4-11-24-21/h3-7,9-13,18-19H,1-2,8,14-17H2. The van der Waals surface area contributed by atoms with E-state index in [-0.39, 0.29) is 0 Å². The van der Waals surface area contributed by atoms with Gasteiger partial charge in [-0.1, -0.05) is 12.1 Å². The number of aromatic nitrogens is 4. The molecule has 3 aromatic heterocycles. The summed E-state index contributed by atoms with van der Waals surface area (Å²) in [6, 6.07) is 11.5. The van der Waals surface area contributed by atoms with Gasteiger partial charge >= 0.3 is 0 Å². The average Bonchev–Trinajstić information content (AvgIpc) is 2.85. The molecule has 0 aliphatic carbocycles. The number of hydrogen-bond acceptors (Lipinski definition) is 7. The first-order chi connectivity index (χ1) is 15.6. The molecule has 0 N–H and O–H groups in total. The van der Waals surface area contributed by atoms with E-state index in [0.717, 1.165) is 35.7 Å². The van der Waals surface area contributed by atoms with Crippen LogP contribution in [0.3, 0.4) is 0 Å². The average molecular weight is 451 g/mol. The van der Waals surface area contributed by atoms with Crippen molar-refractivity contribution in [1.29, 1.82) is 0 Å². The first-order valence-corrected chi connectivity index (χ1v) is 12.2. The Kier molecular flexibility index (Phi) is 7.18. The van der Waals surface area contributed by atoms with Crippen molar-refractivity contribution in [1.82, 2.24) is 24.2 Å². The van der Waals surface area contributed by atoms with E-state index in [2.05, 4.69) is 24.8 Å². The van der Waals surface area contributed by atoms with Gasteiger partial charge in [-0.2, -0.15) is 4.31 Å². The number of anilines is 1. The van der Waals surface area contributed by atoms with Gasteiger partial charge in [-0.05, 0) is 43.2 Å². The fourth-order valence-corrected chi connectivity index (χ4v) is 4.77. The van der Waals surface area contributed by atoms with Crippen molar-refractivity contribution in [3.05, 3.63) is 78.5 Å². The summed E-state index contributed by atoms with van der Waals surface area (Å²) < 4.78 is 26.8. The van der Waals surface area contributed by atoms with Gasteiger partial charge in [0.15, 0.2) is 0 Å². The van der Waals surface area contributed by atoms with Crippen LogP contribution in [0.5, 0.6) is 0 Å². The van der Waals surface area contributed by atoms with Gasteiger partial charge in [0.2, 0.25) is 10.0 Å². The van der Waals surface area contributed by atoms with E-state index in [4.69, 9.17) is 0 Å². The van der Waals surface area contributed by atoms with Crippen molar-refractivity contribution in [2.75, 3.05) is 31.1 Å². The number of pyridine rings is 2. The van der Waals surface area contributed by atoms with Crippen LogP contribution in [-0.4, -0.2) is 58.8 Å². The van der Waals surface area contributed by atoms with Crippen LogP contribution in [0.25, 0.3) is 11.3 Å². The smallest absolute Gasteiger partial charge is 0.236 e. The Labute approximate surface area is 188 Å². The number of piperazine rings is 1. The molecule has 4 heterocycles. The van der Waals surface area contributed by atoms with Crippen LogP contribution in [-0.2, 0) is 16.4 Å². The number of unbranched alkanes of at least 4 members (excludes halogenated alkanes) is 1. The third-order valence-corrected chi connectivity index (χ3v) is 6.91. The van der Waals surface area contributed by atoms with Gasteiger partial charge in [-0.15, -0.1) is 0 Å². The van der Waals surface area contributed by atoms with E-state index in [0.29, 0.717) is 32.6 Å². The molecule has 4 rings (SSSR count). The molecule has 1 aliphatic heterocycles. The number of nitrogens with zero attached hydrogens (tertiary/aromatic N) is 6. The largest absolute Gasteiger partial charge is 0.354 e. The van der Waals surface area contributed by atoms with Crippen molar-refractivity contribution in [2.45, 2.75) is 19.3 Å². The van der Waals surface area contributed by atoms with E-state index >= 15 is 0 Å². The molecular weight excluding hydrogens is 424 g/mol. The molecule has 0 aromatic carbocycles. The lowest BCUT2D eigenvalue weighted by Crippen LogP contribution is -2.48. The summed E-state index contributed by atoms with van der Waals surface area (Å²) in [5.74, 6) is 1.63. The Bertz CT molecular complexity index is 1110. The maximum atomic E-state index is 12.6. The van der Waals surface area contributed by atoms with Crippen molar-refractivity contribution in [2.24, 2.45) is 0 Å². The van der Waals surface area contributed by atoms with Crippen LogP contribution >= 0.6 is 0 Å². The molecule has 1 fully saturated rings. The van der Waals surface area contributed by atoms with E-state index in [1.165, 1.54) is 9.71 Å². The number of aryl methyl sites for hydroxylation is 1. The summed E-state index contributed by atoms with van der Waals surface area (Å²) in [6.45, 7) is 2.09. The van der Waals surface area contributed by atoms with Crippen molar-refractivity contribution < 1.29 is 8.42 Å². The lowest BCUT2D eigenvalue weighted by Gasteiger charge is -2.34. The van der Waals surface area contributed by atoms with Gasteiger partial charge in [0.25, 0.3) is 0 Å². The molecule has 32 heavy (non-hydrogen) atoms. The van der Waals surface area contributed by atoms with Gasteiger partial charge < -0.3 is 4.90 Å². The minimum atomic E-state index is -3.41. The quantitative estimate of drug-likeness (QED) is 0.487. The summed E-state index contributed by atoms with van der Waals surface area (Å²) in [4.78, 5) is 19.4. The van der Waals surface area contributed by atoms with Gasteiger partial charge in [0.05, 0.1) is 5.69 Å². The van der Waals surface area contributed by atoms with Crippen molar-refractivity contribution in [3.8, 4) is 11.3 Å². The molecule has 0 bridgehead atoms. The summed E-state index contributed by atoms with van der Waals surface area (Å²) >= 11 is 0. The minimum absolute atomic E-state index is 0.439. The van der Waals surface area contributed by atoms with E-state index in [1.807, 2.05) is 36.5 Å². The molecule has 0 unspecified atom stereocenters. The molecule has 3 aromatic rings. The van der Waals surface area contributed by atoms with Crippen molar-refractivity contribution in [3.63, 3.8) is 0 Å². The molecule has 8 nitrogen and oxygen atoms in total. The normalized spacial score (nSPS) is 15.3. The molecular formula is C23H26N6O2S. The molecule has 1 saturated heterocycles. The Morgan fingerprint density at radius 2 is 1.66 bits per heavy atom. The fourth-order valence-electron chi connectivity index (χ4n) is 3.54. The second-order valence-electron chi connectivity index (χ2n) is 7.48. The summed E-state index contributed by atoms with van der Waals surface area (Å²) in [5.41, 5.74) is 1.84. The topological polar surface area (TPSA) is 92.2 Å². The number of allylic oxidation sites excluding steroid dienone is 1. The van der Waals surface area contributed by atoms with E-state index in [1.54, 1.807) is 30.7 Å². The predicted octanol–water partition coefficient (Wildman–Crippen LogP) is 2.92. The molecule has 0 spiro atoms. The fraction of sp³-hybridized carbons (Fsp3) is 0.304. The monoisotopic (exact) mass is 450 g/mol. The van der Waals surface area contributed by atoms with Crippen LogP contribution in [0.4, 0.5) is 5.82 Å². The minimum Gasteiger partial charge on any atom is -0.354 e. The number of hydrogen-bond donors (Lipinski definition) is 0.